The number of nitrogens with one attached hydrogen (secondary N) is 1. The SMILES string of the molecule is CC(O)CCN(C)C(=O)Nc1ccc(OCc2ccccc2F)cc1. The number of nitrogens with zero attached hydrogens (tertiary/aromatic N) is 1. The summed E-state index contributed by atoms with van der Waals surface area (Å²) in [6, 6.07) is 13.1. The lowest BCUT2D eigenvalue weighted by atomic mass is 10.2. The molecule has 1 unspecified atom stereocenters. The number of rotatable bonds is 7. The molecular weight excluding hydrogens is 323 g/mol. The maximum Gasteiger partial charge on any atom is 0.321 e. The molecule has 0 aliphatic heterocycles. The summed E-state index contributed by atoms with van der Waals surface area (Å²) in [6.07, 6.45) is 0.0772. The summed E-state index contributed by atoms with van der Waals surface area (Å²) < 4.78 is 19.1. The lowest BCUT2D eigenvalue weighted by molar-refractivity contribution is 0.167. The third-order valence-corrected chi connectivity index (χ3v) is 3.69. The Balaban J connectivity index is 1.85. The molecule has 0 radical (unpaired) electrons. The fourth-order valence-electron chi connectivity index (χ4n) is 2.11. The van der Waals surface area contributed by atoms with Gasteiger partial charge in [-0.1, -0.05) is 18.2 Å². The second-order valence-corrected chi connectivity index (χ2v) is 5.89. The van der Waals surface area contributed by atoms with Crippen molar-refractivity contribution in [1.29, 1.82) is 0 Å². The van der Waals surface area contributed by atoms with Gasteiger partial charge in [-0.3, -0.25) is 0 Å². The maximum absolute atomic E-state index is 13.5. The standard InChI is InChI=1S/C19H23FN2O3/c1-14(23)11-12-22(2)19(24)21-16-7-9-17(10-8-16)25-13-15-5-3-4-6-18(15)20/h3-10,14,23H,11-13H2,1-2H3,(H,21,24). The van der Waals surface area contributed by atoms with Crippen LogP contribution in [0.5, 0.6) is 5.75 Å². The van der Waals surface area contributed by atoms with Crippen molar-refractivity contribution in [2.75, 3.05) is 18.9 Å². The molecule has 2 aromatic rings. The Hall–Kier alpha value is -2.60. The molecule has 0 saturated heterocycles. The van der Waals surface area contributed by atoms with Gasteiger partial charge in [-0.05, 0) is 43.7 Å². The number of amides is 2. The van der Waals surface area contributed by atoms with E-state index in [0.29, 0.717) is 30.0 Å². The summed E-state index contributed by atoms with van der Waals surface area (Å²) in [5, 5.41) is 12.0. The third-order valence-electron chi connectivity index (χ3n) is 3.69. The van der Waals surface area contributed by atoms with Crippen LogP contribution in [0.1, 0.15) is 18.9 Å². The molecule has 134 valence electrons. The fourth-order valence-corrected chi connectivity index (χ4v) is 2.11. The van der Waals surface area contributed by atoms with E-state index in [0.717, 1.165) is 0 Å². The molecule has 5 nitrogen and oxygen atoms in total. The molecule has 2 rings (SSSR count). The highest BCUT2D eigenvalue weighted by Gasteiger charge is 2.10. The number of halogens is 1. The fraction of sp³-hybridized carbons (Fsp3) is 0.316. The number of anilines is 1. The van der Waals surface area contributed by atoms with Crippen molar-refractivity contribution in [3.05, 3.63) is 59.9 Å². The Morgan fingerprint density at radius 3 is 2.56 bits per heavy atom. The molecule has 6 heteroatoms. The van der Waals surface area contributed by atoms with Crippen LogP contribution in [0.3, 0.4) is 0 Å². The molecule has 25 heavy (non-hydrogen) atoms. The predicted molar refractivity (Wildman–Crippen MR) is 95.1 cm³/mol. The first-order chi connectivity index (χ1) is 12.0. The Kier molecular flexibility index (Phi) is 6.77. The second-order valence-electron chi connectivity index (χ2n) is 5.89. The lowest BCUT2D eigenvalue weighted by Crippen LogP contribution is -2.33. The minimum atomic E-state index is -0.443. The molecule has 0 aliphatic carbocycles. The van der Waals surface area contributed by atoms with E-state index < -0.39 is 6.10 Å². The molecule has 0 spiro atoms. The van der Waals surface area contributed by atoms with Gasteiger partial charge < -0.3 is 20.1 Å². The number of benzene rings is 2. The zero-order valence-electron chi connectivity index (χ0n) is 14.4. The van der Waals surface area contributed by atoms with Crippen LogP contribution in [0.15, 0.2) is 48.5 Å². The van der Waals surface area contributed by atoms with Gasteiger partial charge in [0.25, 0.3) is 0 Å². The molecule has 0 aliphatic rings. The van der Waals surface area contributed by atoms with Crippen LogP contribution in [0.25, 0.3) is 0 Å². The molecule has 2 N–H and O–H groups in total. The van der Waals surface area contributed by atoms with Gasteiger partial charge in [0.05, 0.1) is 6.10 Å². The first-order valence-electron chi connectivity index (χ1n) is 8.12. The van der Waals surface area contributed by atoms with E-state index in [2.05, 4.69) is 5.32 Å². The van der Waals surface area contributed by atoms with Crippen LogP contribution in [0.4, 0.5) is 14.9 Å². The molecule has 2 aromatic carbocycles. The minimum absolute atomic E-state index is 0.139. The molecular formula is C19H23FN2O3. The van der Waals surface area contributed by atoms with E-state index in [4.69, 9.17) is 4.74 Å². The Morgan fingerprint density at radius 1 is 1.24 bits per heavy atom. The number of urea groups is 1. The van der Waals surface area contributed by atoms with Crippen molar-refractivity contribution in [1.82, 2.24) is 4.90 Å². The molecule has 0 aromatic heterocycles. The Morgan fingerprint density at radius 2 is 1.92 bits per heavy atom. The number of hydrogen-bond acceptors (Lipinski definition) is 3. The average molecular weight is 346 g/mol. The average Bonchev–Trinajstić information content (AvgIpc) is 2.60. The first-order valence-corrected chi connectivity index (χ1v) is 8.12. The van der Waals surface area contributed by atoms with Crippen molar-refractivity contribution in [2.45, 2.75) is 26.1 Å². The van der Waals surface area contributed by atoms with Gasteiger partial charge in [0, 0.05) is 24.8 Å². The van der Waals surface area contributed by atoms with E-state index in [1.54, 1.807) is 56.4 Å². The van der Waals surface area contributed by atoms with E-state index in [1.807, 2.05) is 0 Å². The van der Waals surface area contributed by atoms with Crippen LogP contribution in [-0.2, 0) is 6.61 Å². The van der Waals surface area contributed by atoms with Crippen LogP contribution in [0.2, 0.25) is 0 Å². The van der Waals surface area contributed by atoms with Gasteiger partial charge in [0.2, 0.25) is 0 Å². The number of carbonyl (C=O) groups is 1. The summed E-state index contributed by atoms with van der Waals surface area (Å²) in [5.74, 6) is 0.287. The monoisotopic (exact) mass is 346 g/mol. The first kappa shape index (κ1) is 18.7. The number of ether oxygens (including phenoxy) is 1. The van der Waals surface area contributed by atoms with Crippen LogP contribution < -0.4 is 10.1 Å². The molecule has 0 bridgehead atoms. The van der Waals surface area contributed by atoms with Crippen molar-refractivity contribution in [3.8, 4) is 5.75 Å². The Bertz CT molecular complexity index is 689. The number of aliphatic hydroxyl groups excluding tert-OH is 1. The predicted octanol–water partition coefficient (Wildman–Crippen LogP) is 3.64. The number of hydrogen-bond donors (Lipinski definition) is 2. The van der Waals surface area contributed by atoms with Crippen LogP contribution >= 0.6 is 0 Å². The molecule has 0 fully saturated rings. The molecule has 0 heterocycles. The zero-order valence-corrected chi connectivity index (χ0v) is 14.4. The van der Waals surface area contributed by atoms with E-state index in [1.165, 1.54) is 11.0 Å². The van der Waals surface area contributed by atoms with Gasteiger partial charge >= 0.3 is 6.03 Å². The van der Waals surface area contributed by atoms with Crippen LogP contribution in [0, 0.1) is 5.82 Å². The van der Waals surface area contributed by atoms with Crippen molar-refractivity contribution < 1.29 is 19.0 Å². The molecule has 1 atom stereocenters. The van der Waals surface area contributed by atoms with Crippen molar-refractivity contribution >= 4 is 11.7 Å². The molecule has 0 saturated carbocycles. The lowest BCUT2D eigenvalue weighted by Gasteiger charge is -2.18. The van der Waals surface area contributed by atoms with E-state index >= 15 is 0 Å². The summed E-state index contributed by atoms with van der Waals surface area (Å²) in [5.41, 5.74) is 1.12. The van der Waals surface area contributed by atoms with Gasteiger partial charge in [0.15, 0.2) is 0 Å². The van der Waals surface area contributed by atoms with E-state index in [-0.39, 0.29) is 18.5 Å². The highest BCUT2D eigenvalue weighted by atomic mass is 19.1. The van der Waals surface area contributed by atoms with E-state index in [9.17, 15) is 14.3 Å². The van der Waals surface area contributed by atoms with Gasteiger partial charge in [0.1, 0.15) is 18.2 Å². The topological polar surface area (TPSA) is 61.8 Å². The summed E-state index contributed by atoms with van der Waals surface area (Å²) in [6.45, 7) is 2.29. The highest BCUT2D eigenvalue weighted by Crippen LogP contribution is 2.18. The Labute approximate surface area is 147 Å². The largest absolute Gasteiger partial charge is 0.489 e. The van der Waals surface area contributed by atoms with Crippen molar-refractivity contribution in [3.63, 3.8) is 0 Å². The second kappa shape index (κ2) is 9.03. The maximum atomic E-state index is 13.5. The highest BCUT2D eigenvalue weighted by molar-refractivity contribution is 5.89. The van der Waals surface area contributed by atoms with Gasteiger partial charge in [-0.15, -0.1) is 0 Å². The third kappa shape index (κ3) is 6.08. The normalized spacial score (nSPS) is 11.7. The number of aliphatic hydroxyl groups is 1. The summed E-state index contributed by atoms with van der Waals surface area (Å²) in [7, 11) is 1.67. The summed E-state index contributed by atoms with van der Waals surface area (Å²) >= 11 is 0. The van der Waals surface area contributed by atoms with Gasteiger partial charge in [-0.25, -0.2) is 9.18 Å². The van der Waals surface area contributed by atoms with Gasteiger partial charge in [-0.2, -0.15) is 0 Å². The zero-order chi connectivity index (χ0) is 18.2. The van der Waals surface area contributed by atoms with Crippen LogP contribution in [-0.4, -0.2) is 35.7 Å². The van der Waals surface area contributed by atoms with Crippen molar-refractivity contribution in [2.24, 2.45) is 0 Å². The quantitative estimate of drug-likeness (QED) is 0.805. The number of carbonyl (C=O) groups excluding carboxylic acids is 1. The summed E-state index contributed by atoms with van der Waals surface area (Å²) in [4.78, 5) is 13.5. The smallest absolute Gasteiger partial charge is 0.321 e. The minimum Gasteiger partial charge on any atom is -0.489 e. The molecule has 2 amide bonds.